The average Bonchev–Trinajstić information content (AvgIpc) is 4.12. The van der Waals surface area contributed by atoms with Gasteiger partial charge in [-0.1, -0.05) is 41.6 Å². The molecule has 59 heavy (non-hydrogen) atoms. The summed E-state index contributed by atoms with van der Waals surface area (Å²) in [7, 11) is 0. The summed E-state index contributed by atoms with van der Waals surface area (Å²) in [6.07, 6.45) is 19.6. The van der Waals surface area contributed by atoms with E-state index >= 15 is 0 Å². The first-order valence-corrected chi connectivity index (χ1v) is 19.6. The van der Waals surface area contributed by atoms with E-state index in [1.165, 1.54) is 12.7 Å². The molecule has 2 aliphatic carbocycles. The zero-order valence-electron chi connectivity index (χ0n) is 32.6. The minimum atomic E-state index is -0.368. The Hall–Kier alpha value is -4.99. The number of aliphatic hydroxyl groups excluding tert-OH is 2. The summed E-state index contributed by atoms with van der Waals surface area (Å²) in [5.74, 6) is 3.73. The Labute approximate surface area is 367 Å². The minimum absolute atomic E-state index is 0. The number of allylic oxidation sites excluding steroid dienone is 2. The van der Waals surface area contributed by atoms with Gasteiger partial charge in [-0.15, -0.1) is 11.0 Å². The van der Waals surface area contributed by atoms with E-state index in [1.54, 1.807) is 36.5 Å². The number of fused-ring (bicyclic) bond motifs is 2. The minimum Gasteiger partial charge on any atom is -0.414 e. The summed E-state index contributed by atoms with van der Waals surface area (Å²) in [5, 5.41) is 36.7. The smallest absolute Gasteiger partial charge is 0.414 e. The maximum Gasteiger partial charge on any atom is 1.00 e. The predicted octanol–water partition coefficient (Wildman–Crippen LogP) is -1.04. The van der Waals surface area contributed by atoms with Gasteiger partial charge in [-0.2, -0.15) is 0 Å². The van der Waals surface area contributed by atoms with Gasteiger partial charge in [0.2, 0.25) is 5.16 Å². The van der Waals surface area contributed by atoms with E-state index in [2.05, 4.69) is 89.8 Å². The summed E-state index contributed by atoms with van der Waals surface area (Å²) in [6, 6.07) is 7.49. The van der Waals surface area contributed by atoms with E-state index in [1.807, 2.05) is 36.4 Å². The molecule has 0 saturated carbocycles. The van der Waals surface area contributed by atoms with E-state index < -0.39 is 0 Å². The quantitative estimate of drug-likeness (QED) is 0.0576. The number of rotatable bonds is 7. The number of nitrogens with two attached hydrogens (primary N) is 2. The van der Waals surface area contributed by atoms with Gasteiger partial charge in [0.25, 0.3) is 0 Å². The molecule has 0 spiro atoms. The number of aromatic nitrogens is 12. The van der Waals surface area contributed by atoms with E-state index in [9.17, 15) is 5.11 Å². The SMILES string of the molecule is Nc1ncnc2c1CC=C2.Nc1ncnc2c1CC=C2CN1C[C@H](CSc2n[nH]c(-c3ccncc3)n2)[C@@H](O)C1.[CH2-][C@H]1CNC[C@@H]1O.[Na+].[c-]1n[nH]c(-c2ccncc2)n1. The van der Waals surface area contributed by atoms with Crippen molar-refractivity contribution in [1.82, 2.24) is 70.5 Å². The summed E-state index contributed by atoms with van der Waals surface area (Å²) < 4.78 is 0. The molecule has 0 unspecified atom stereocenters. The first-order valence-electron chi connectivity index (χ1n) is 18.6. The van der Waals surface area contributed by atoms with Gasteiger partial charge < -0.3 is 44.0 Å². The number of nitrogen functional groups attached to an aromatic ring is 2. The number of H-pyrrole nitrogens is 2. The molecule has 0 radical (unpaired) electrons. The van der Waals surface area contributed by atoms with Gasteiger partial charge in [0.15, 0.2) is 5.82 Å². The van der Waals surface area contributed by atoms with E-state index in [0.717, 1.165) is 83.3 Å². The number of anilines is 2. The van der Waals surface area contributed by atoms with Crippen molar-refractivity contribution < 1.29 is 39.8 Å². The summed E-state index contributed by atoms with van der Waals surface area (Å²) >= 11 is 1.56. The zero-order valence-corrected chi connectivity index (χ0v) is 35.4. The molecule has 0 aromatic carbocycles. The molecule has 0 amide bonds. The molecule has 8 heterocycles. The third kappa shape index (κ3) is 11.6. The van der Waals surface area contributed by atoms with Crippen LogP contribution in [0.15, 0.2) is 79.0 Å². The number of hydrogen-bond donors (Lipinski definition) is 7. The topological polar surface area (TPSA) is 268 Å². The Morgan fingerprint density at radius 2 is 1.56 bits per heavy atom. The Morgan fingerprint density at radius 3 is 2.20 bits per heavy atom. The standard InChI is InChI=1S/C20H22N8OS.C7H5N4.C7H7N3.C5H10NO.Na/c21-18-15-2-1-13(17(15)23-11-24-18)7-28-8-14(16(29)9-28)10-30-20-25-19(26-27-20)12-3-5-22-6-4-12;1-3-8-4-2-6(1)7-9-5-10-11-7;8-7-5-2-1-3-6(5)9-4-10-7;1-4-2-6-3-5(4)7;/h1,3-6,11,14,16,29H,2,7-10H2,(H2,21,23,24)(H,25,26,27);1-4H,(H,9,10,11);1,3-4H,2H2,(H2,8,9,10);4-7H,1-3H2;/q;-1;;-1;+1/t14-,16+;;;4-,5-;/m1..0./s1. The van der Waals surface area contributed by atoms with Gasteiger partial charge in [-0.3, -0.25) is 25.1 Å². The van der Waals surface area contributed by atoms with E-state index in [4.69, 9.17) is 16.6 Å². The van der Waals surface area contributed by atoms with Crippen molar-refractivity contribution in [2.24, 2.45) is 11.8 Å². The summed E-state index contributed by atoms with van der Waals surface area (Å²) in [6.45, 7) is 7.51. The molecule has 6 aromatic rings. The normalized spacial score (nSPS) is 19.8. The van der Waals surface area contributed by atoms with Crippen molar-refractivity contribution in [3.05, 3.63) is 110 Å². The number of likely N-dealkylation sites (tertiary alicyclic amines) is 1. The fraction of sp³-hybridized carbons (Fsp3) is 0.308. The van der Waals surface area contributed by atoms with Gasteiger partial charge in [-0.05, 0) is 55.3 Å². The van der Waals surface area contributed by atoms with Crippen molar-refractivity contribution in [3.63, 3.8) is 0 Å². The van der Waals surface area contributed by atoms with Crippen LogP contribution in [0.1, 0.15) is 22.5 Å². The predicted molar refractivity (Wildman–Crippen MR) is 220 cm³/mol. The number of pyridine rings is 2. The third-order valence-corrected chi connectivity index (χ3v) is 10.8. The molecule has 4 atom stereocenters. The number of nitrogens with one attached hydrogen (secondary N) is 3. The number of β-amino-alcohol motifs (C(OH)–C–C–N with tert-alkyl or cyclic N) is 2. The van der Waals surface area contributed by atoms with Crippen LogP contribution >= 0.6 is 11.8 Å². The molecule has 6 aromatic heterocycles. The fourth-order valence-electron chi connectivity index (χ4n) is 6.59. The number of aromatic amines is 2. The maximum atomic E-state index is 10.6. The second-order valence-electron chi connectivity index (χ2n) is 13.8. The summed E-state index contributed by atoms with van der Waals surface area (Å²) in [4.78, 5) is 35.0. The van der Waals surface area contributed by atoms with Gasteiger partial charge >= 0.3 is 29.6 Å². The van der Waals surface area contributed by atoms with Crippen LogP contribution in [0, 0.1) is 25.1 Å². The molecule has 20 heteroatoms. The fourth-order valence-corrected chi connectivity index (χ4v) is 7.55. The third-order valence-electron chi connectivity index (χ3n) is 9.80. The number of hydrogen-bond acceptors (Lipinski definition) is 17. The Kier molecular flexibility index (Phi) is 15.8. The molecule has 4 aliphatic rings. The number of nitrogens with zero attached hydrogens (tertiary/aromatic N) is 11. The first kappa shape index (κ1) is 43.6. The van der Waals surface area contributed by atoms with Gasteiger partial charge in [-0.25, -0.2) is 24.9 Å². The van der Waals surface area contributed by atoms with Crippen LogP contribution in [0.4, 0.5) is 11.6 Å². The molecule has 2 saturated heterocycles. The van der Waals surface area contributed by atoms with Crippen molar-refractivity contribution in [2.45, 2.75) is 30.2 Å². The second kappa shape index (κ2) is 21.3. The van der Waals surface area contributed by atoms with Crippen LogP contribution < -0.4 is 46.3 Å². The molecule has 300 valence electrons. The van der Waals surface area contributed by atoms with Gasteiger partial charge in [0.05, 0.1) is 17.5 Å². The van der Waals surface area contributed by atoms with E-state index in [-0.39, 0.29) is 53.6 Å². The molecule has 18 nitrogen and oxygen atoms in total. The molecular weight excluding hydrogens is 780 g/mol. The Morgan fingerprint density at radius 1 is 0.847 bits per heavy atom. The number of aliphatic hydroxyl groups is 2. The molecule has 9 N–H and O–H groups in total. The largest absolute Gasteiger partial charge is 1.00 e. The van der Waals surface area contributed by atoms with Crippen molar-refractivity contribution in [3.8, 4) is 22.8 Å². The molecule has 2 fully saturated rings. The van der Waals surface area contributed by atoms with Crippen LogP contribution in [0.3, 0.4) is 0 Å². The molecule has 10 rings (SSSR count). The Bertz CT molecular complexity index is 2270. The van der Waals surface area contributed by atoms with Crippen molar-refractivity contribution in [2.75, 3.05) is 49.9 Å². The van der Waals surface area contributed by atoms with Crippen molar-refractivity contribution >= 4 is 35.0 Å². The number of thioether (sulfide) groups is 1. The van der Waals surface area contributed by atoms with E-state index in [0.29, 0.717) is 35.7 Å². The van der Waals surface area contributed by atoms with Gasteiger partial charge in [0, 0.05) is 85.4 Å². The molecular formula is C39H44N16NaO2S-. The van der Waals surface area contributed by atoms with Crippen LogP contribution in [-0.4, -0.2) is 126 Å². The first-order chi connectivity index (χ1) is 28.3. The van der Waals surface area contributed by atoms with Crippen LogP contribution in [0.25, 0.3) is 34.4 Å². The van der Waals surface area contributed by atoms with Crippen LogP contribution in [0.2, 0.25) is 0 Å². The van der Waals surface area contributed by atoms with Crippen LogP contribution in [0.5, 0.6) is 0 Å². The molecule has 0 bridgehead atoms. The van der Waals surface area contributed by atoms with Gasteiger partial charge in [0.1, 0.15) is 24.3 Å². The van der Waals surface area contributed by atoms with Crippen molar-refractivity contribution in [1.29, 1.82) is 0 Å². The summed E-state index contributed by atoms with van der Waals surface area (Å²) in [5.41, 5.74) is 18.6. The Balaban J connectivity index is 0.000000163. The molecule has 2 aliphatic heterocycles. The maximum absolute atomic E-state index is 10.6. The second-order valence-corrected chi connectivity index (χ2v) is 14.8. The zero-order chi connectivity index (χ0) is 40.3. The van der Waals surface area contributed by atoms with Crippen LogP contribution in [-0.2, 0) is 12.8 Å². The monoisotopic (exact) mass is 823 g/mol. The average molecular weight is 824 g/mol.